The largest absolute Gasteiger partial charge is 0.516 e. The van der Waals surface area contributed by atoms with Crippen molar-refractivity contribution >= 4 is 50.7 Å². The standard InChI is InChI=1S/C19H20N6S.C4H7NO.C2H4O/c1-24(2)15-10-25-12(7-8-22-25)9-14(15)23-18-17-13-5-3-4-6-16(13)26-19(17)21-11-20-18;1-4-2-5(4)3-6;1-2-3/h7-11H,3-6H2,1-2H3,(H,20,21,23);3-4H,2H2,1H3;2-3H,1H2. The quantitative estimate of drug-likeness (QED) is 0.244. The Morgan fingerprint density at radius 2 is 2.03 bits per heavy atom. The third kappa shape index (κ3) is 5.37. The minimum Gasteiger partial charge on any atom is -0.516 e. The molecule has 184 valence electrons. The van der Waals surface area contributed by atoms with E-state index in [9.17, 15) is 4.79 Å². The van der Waals surface area contributed by atoms with Crippen molar-refractivity contribution in [2.45, 2.75) is 38.6 Å². The lowest BCUT2D eigenvalue weighted by Crippen LogP contribution is -2.12. The van der Waals surface area contributed by atoms with E-state index >= 15 is 0 Å². The summed E-state index contributed by atoms with van der Waals surface area (Å²) in [5, 5.41) is 16.5. The van der Waals surface area contributed by atoms with Gasteiger partial charge in [0.2, 0.25) is 6.41 Å². The predicted octanol–water partition coefficient (Wildman–Crippen LogP) is 4.56. The number of nitrogens with zero attached hydrogens (tertiary/aromatic N) is 6. The summed E-state index contributed by atoms with van der Waals surface area (Å²) in [7, 11) is 4.08. The number of aliphatic hydroxyl groups excluding tert-OH is 1. The molecule has 1 unspecified atom stereocenters. The van der Waals surface area contributed by atoms with Gasteiger partial charge in [0.25, 0.3) is 0 Å². The van der Waals surface area contributed by atoms with Gasteiger partial charge in [0.05, 0.1) is 34.7 Å². The first-order valence-corrected chi connectivity index (χ1v) is 12.4. The lowest BCUT2D eigenvalue weighted by Gasteiger charge is -2.19. The number of aromatic nitrogens is 4. The van der Waals surface area contributed by atoms with Crippen LogP contribution in [0.1, 0.15) is 30.2 Å². The molecule has 5 heterocycles. The molecule has 1 amide bonds. The predicted molar refractivity (Wildman–Crippen MR) is 142 cm³/mol. The summed E-state index contributed by atoms with van der Waals surface area (Å²) < 4.78 is 1.89. The number of hydrogen-bond acceptors (Lipinski definition) is 8. The fourth-order valence-corrected chi connectivity index (χ4v) is 5.36. The average molecular weight is 494 g/mol. The minimum atomic E-state index is 0.530. The van der Waals surface area contributed by atoms with Crippen LogP contribution in [0, 0.1) is 0 Å². The van der Waals surface area contributed by atoms with Crippen LogP contribution >= 0.6 is 11.3 Å². The molecule has 0 saturated carbocycles. The molecule has 10 heteroatoms. The topological polar surface area (TPSA) is 98.7 Å². The Morgan fingerprint density at radius 3 is 2.69 bits per heavy atom. The molecule has 1 saturated heterocycles. The maximum Gasteiger partial charge on any atom is 0.210 e. The van der Waals surface area contributed by atoms with Gasteiger partial charge in [0.1, 0.15) is 17.0 Å². The fraction of sp³-hybridized carbons (Fsp3) is 0.360. The molecule has 1 aliphatic heterocycles. The lowest BCUT2D eigenvalue weighted by molar-refractivity contribution is -0.113. The summed E-state index contributed by atoms with van der Waals surface area (Å²) in [5.41, 5.74) is 4.59. The zero-order valence-electron chi connectivity index (χ0n) is 20.3. The molecule has 35 heavy (non-hydrogen) atoms. The Morgan fingerprint density at radius 1 is 1.29 bits per heavy atom. The number of thiophene rings is 1. The van der Waals surface area contributed by atoms with Crippen molar-refractivity contribution in [3.05, 3.63) is 54.1 Å². The van der Waals surface area contributed by atoms with Crippen LogP contribution in [0.25, 0.3) is 15.7 Å². The van der Waals surface area contributed by atoms with Crippen molar-refractivity contribution in [2.75, 3.05) is 30.9 Å². The second-order valence-corrected chi connectivity index (χ2v) is 9.82. The smallest absolute Gasteiger partial charge is 0.210 e. The van der Waals surface area contributed by atoms with Crippen LogP contribution in [-0.2, 0) is 17.6 Å². The van der Waals surface area contributed by atoms with Gasteiger partial charge in [0, 0.05) is 37.8 Å². The van der Waals surface area contributed by atoms with Crippen molar-refractivity contribution in [1.82, 2.24) is 24.5 Å². The zero-order chi connectivity index (χ0) is 24.9. The Hall–Kier alpha value is -3.66. The highest BCUT2D eigenvalue weighted by Gasteiger charge is 2.26. The monoisotopic (exact) mass is 493 g/mol. The first-order valence-electron chi connectivity index (χ1n) is 11.6. The van der Waals surface area contributed by atoms with Crippen LogP contribution in [0.15, 0.2) is 43.7 Å². The second kappa shape index (κ2) is 10.7. The number of fused-ring (bicyclic) bond motifs is 4. The molecule has 4 aromatic rings. The van der Waals surface area contributed by atoms with E-state index in [1.54, 1.807) is 11.2 Å². The normalized spacial score (nSPS) is 15.9. The van der Waals surface area contributed by atoms with E-state index in [2.05, 4.69) is 37.9 Å². The Balaban J connectivity index is 0.000000274. The first kappa shape index (κ1) is 24.5. The third-order valence-electron chi connectivity index (χ3n) is 6.04. The molecule has 1 fully saturated rings. The molecule has 1 atom stereocenters. The van der Waals surface area contributed by atoms with E-state index in [0.717, 1.165) is 53.2 Å². The minimum absolute atomic E-state index is 0.530. The summed E-state index contributed by atoms with van der Waals surface area (Å²) in [6, 6.07) is 4.66. The zero-order valence-corrected chi connectivity index (χ0v) is 21.1. The maximum absolute atomic E-state index is 9.70. The number of rotatable bonds is 4. The van der Waals surface area contributed by atoms with Crippen molar-refractivity contribution < 1.29 is 9.90 Å². The van der Waals surface area contributed by atoms with Gasteiger partial charge in [-0.05, 0) is 50.3 Å². The van der Waals surface area contributed by atoms with Gasteiger partial charge >= 0.3 is 0 Å². The number of anilines is 3. The van der Waals surface area contributed by atoms with Crippen LogP contribution < -0.4 is 10.2 Å². The van der Waals surface area contributed by atoms with E-state index in [-0.39, 0.29) is 0 Å². The van der Waals surface area contributed by atoms with Gasteiger partial charge in [-0.25, -0.2) is 14.5 Å². The summed E-state index contributed by atoms with van der Waals surface area (Å²) >= 11 is 1.82. The number of pyridine rings is 1. The number of carbonyl (C=O) groups is 1. The molecule has 6 rings (SSSR count). The summed E-state index contributed by atoms with van der Waals surface area (Å²) in [5.74, 6) is 0.904. The molecular weight excluding hydrogens is 462 g/mol. The molecule has 0 aromatic carbocycles. The van der Waals surface area contributed by atoms with Crippen LogP contribution in [0.4, 0.5) is 17.2 Å². The van der Waals surface area contributed by atoms with E-state index in [0.29, 0.717) is 6.04 Å². The van der Waals surface area contributed by atoms with Crippen molar-refractivity contribution in [1.29, 1.82) is 0 Å². The molecule has 1 aliphatic carbocycles. The molecule has 2 aliphatic rings. The number of aryl methyl sites for hydroxylation is 2. The molecule has 4 aromatic heterocycles. The summed E-state index contributed by atoms with van der Waals surface area (Å²) in [4.78, 5) is 25.2. The third-order valence-corrected chi connectivity index (χ3v) is 7.24. The molecular formula is C25H31N7O2S. The van der Waals surface area contributed by atoms with Crippen molar-refractivity contribution in [3.63, 3.8) is 0 Å². The number of amides is 1. The highest BCUT2D eigenvalue weighted by atomic mass is 32.1. The molecule has 9 nitrogen and oxygen atoms in total. The van der Waals surface area contributed by atoms with Gasteiger partial charge in [-0.2, -0.15) is 5.10 Å². The van der Waals surface area contributed by atoms with Gasteiger partial charge < -0.3 is 20.2 Å². The summed E-state index contributed by atoms with van der Waals surface area (Å²) in [6.45, 7) is 5.90. The molecule has 0 spiro atoms. The van der Waals surface area contributed by atoms with Crippen molar-refractivity contribution in [2.24, 2.45) is 0 Å². The van der Waals surface area contributed by atoms with Gasteiger partial charge in [-0.15, -0.1) is 11.3 Å². The highest BCUT2D eigenvalue weighted by molar-refractivity contribution is 7.19. The average Bonchev–Trinajstić information content (AvgIpc) is 3.21. The lowest BCUT2D eigenvalue weighted by atomic mass is 9.97. The van der Waals surface area contributed by atoms with Crippen LogP contribution in [0.2, 0.25) is 0 Å². The van der Waals surface area contributed by atoms with Crippen LogP contribution in [0.3, 0.4) is 0 Å². The van der Waals surface area contributed by atoms with E-state index in [1.807, 2.05) is 55.3 Å². The number of aliphatic hydroxyl groups is 1. The Labute approximate surface area is 208 Å². The van der Waals surface area contributed by atoms with Crippen LogP contribution in [0.5, 0.6) is 0 Å². The Kier molecular flexibility index (Phi) is 7.50. The SMILES string of the molecule is C=CO.CC1CN1C=O.CN(C)c1cn2nccc2cc1Nc1ncnc2sc3c(c12)CCCC3. The fourth-order valence-electron chi connectivity index (χ4n) is 4.13. The van der Waals surface area contributed by atoms with Gasteiger partial charge in [0.15, 0.2) is 0 Å². The van der Waals surface area contributed by atoms with E-state index in [4.69, 9.17) is 5.11 Å². The van der Waals surface area contributed by atoms with Crippen molar-refractivity contribution in [3.8, 4) is 0 Å². The van der Waals surface area contributed by atoms with Gasteiger partial charge in [-0.1, -0.05) is 6.58 Å². The number of nitrogens with one attached hydrogen (secondary N) is 1. The first-order chi connectivity index (χ1) is 17.0. The maximum atomic E-state index is 9.70. The molecule has 2 N–H and O–H groups in total. The summed E-state index contributed by atoms with van der Waals surface area (Å²) in [6.07, 6.45) is 12.0. The number of hydrogen-bond donors (Lipinski definition) is 2. The number of carbonyl (C=O) groups excluding carboxylic acids is 1. The van der Waals surface area contributed by atoms with Crippen LogP contribution in [-0.4, -0.2) is 62.7 Å². The van der Waals surface area contributed by atoms with E-state index < -0.39 is 0 Å². The molecule has 0 bridgehead atoms. The Bertz CT molecular complexity index is 1330. The van der Waals surface area contributed by atoms with Gasteiger partial charge in [-0.3, -0.25) is 4.79 Å². The molecule has 0 radical (unpaired) electrons. The second-order valence-electron chi connectivity index (χ2n) is 8.74. The van der Waals surface area contributed by atoms with E-state index in [1.165, 1.54) is 35.1 Å². The highest BCUT2D eigenvalue weighted by Crippen LogP contribution is 2.39.